The van der Waals surface area contributed by atoms with E-state index in [1.165, 1.54) is 18.9 Å². The van der Waals surface area contributed by atoms with Crippen LogP contribution in [0, 0.1) is 31.5 Å². The average molecular weight is 551 g/mol. The molecule has 0 aromatic heterocycles. The minimum Gasteiger partial charge on any atom is -0.491 e. The molecule has 1 saturated heterocycles. The van der Waals surface area contributed by atoms with Crippen molar-refractivity contribution < 1.29 is 18.7 Å². The molecule has 2 amide bonds. The Labute approximate surface area is 235 Å². The van der Waals surface area contributed by atoms with Crippen LogP contribution in [0.25, 0.3) is 0 Å². The van der Waals surface area contributed by atoms with Crippen LogP contribution in [0.5, 0.6) is 0 Å². The summed E-state index contributed by atoms with van der Waals surface area (Å²) in [5, 5.41) is 3.61. The molecule has 2 unspecified atom stereocenters. The van der Waals surface area contributed by atoms with E-state index in [0.29, 0.717) is 42.1 Å². The monoisotopic (exact) mass is 550 g/mol. The van der Waals surface area contributed by atoms with E-state index in [9.17, 15) is 14.0 Å². The van der Waals surface area contributed by atoms with Gasteiger partial charge in [0, 0.05) is 23.2 Å². The summed E-state index contributed by atoms with van der Waals surface area (Å²) < 4.78 is 21.1. The normalized spacial score (nSPS) is 23.4. The first-order valence-electron chi connectivity index (χ1n) is 14.0. The van der Waals surface area contributed by atoms with Crippen LogP contribution in [0.3, 0.4) is 0 Å². The molecule has 5 rings (SSSR count). The molecular weight excluding hydrogens is 515 g/mol. The Morgan fingerprint density at radius 2 is 1.85 bits per heavy atom. The molecule has 2 aromatic rings. The van der Waals surface area contributed by atoms with E-state index in [1.807, 2.05) is 25.1 Å². The van der Waals surface area contributed by atoms with Crippen LogP contribution < -0.4 is 5.32 Å². The summed E-state index contributed by atoms with van der Waals surface area (Å²) in [7, 11) is 0. The zero-order valence-corrected chi connectivity index (χ0v) is 23.3. The first kappa shape index (κ1) is 27.4. The number of likely N-dealkylation sites (tertiary alicyclic amines) is 1. The van der Waals surface area contributed by atoms with Crippen LogP contribution >= 0.6 is 11.6 Å². The number of allylic oxidation sites excluding steroid dienone is 2. The number of piperidine rings is 1. The van der Waals surface area contributed by atoms with E-state index in [4.69, 9.17) is 16.3 Å². The fourth-order valence-electron chi connectivity index (χ4n) is 6.18. The number of carbonyl (C=O) groups excluding carboxylic acids is 2. The molecule has 2 aromatic carbocycles. The maximum atomic E-state index is 14.9. The number of amides is 2. The van der Waals surface area contributed by atoms with Crippen LogP contribution in [0.1, 0.15) is 66.4 Å². The molecule has 39 heavy (non-hydrogen) atoms. The predicted octanol–water partition coefficient (Wildman–Crippen LogP) is 7.37. The van der Waals surface area contributed by atoms with Crippen LogP contribution in [0.4, 0.5) is 10.1 Å². The maximum Gasteiger partial charge on any atom is 0.257 e. The van der Waals surface area contributed by atoms with Gasteiger partial charge in [-0.15, -0.1) is 0 Å². The van der Waals surface area contributed by atoms with Gasteiger partial charge in [-0.3, -0.25) is 9.59 Å². The average Bonchev–Trinajstić information content (AvgIpc) is 3.44. The van der Waals surface area contributed by atoms with Gasteiger partial charge in [0.05, 0.1) is 23.6 Å². The molecule has 5 nitrogen and oxygen atoms in total. The Bertz CT molecular complexity index is 1280. The third kappa shape index (κ3) is 6.06. The van der Waals surface area contributed by atoms with Crippen molar-refractivity contribution in [2.24, 2.45) is 11.8 Å². The summed E-state index contributed by atoms with van der Waals surface area (Å²) in [5.74, 6) is -0.771. The molecule has 2 fully saturated rings. The standard InChI is InChI=1S/C32H36ClFN2O3/c1-20-12-15-23(19-27(20)33)35-31(37)26-10-6-18-36(32(38)29-21(2)7-5-11-28(29)34)30(26)22-13-16-25(17-14-22)39-24-8-3-4-9-24/h5,7,11-13,15-17,19,22,24,26,30H,3-4,6,8-10,14,18H2,1-2H3,(H,35,37)/t22-,26?,30?/m1/s1. The maximum absolute atomic E-state index is 14.9. The van der Waals surface area contributed by atoms with E-state index >= 15 is 0 Å². The van der Waals surface area contributed by atoms with Gasteiger partial charge in [0.15, 0.2) is 0 Å². The number of hydrogen-bond donors (Lipinski definition) is 1. The molecular formula is C32H36ClFN2O3. The Kier molecular flexibility index (Phi) is 8.41. The highest BCUT2D eigenvalue weighted by atomic mass is 35.5. The topological polar surface area (TPSA) is 58.6 Å². The highest BCUT2D eigenvalue weighted by Crippen LogP contribution is 2.37. The highest BCUT2D eigenvalue weighted by Gasteiger charge is 2.43. The second-order valence-electron chi connectivity index (χ2n) is 11.0. The van der Waals surface area contributed by atoms with Gasteiger partial charge in [0.2, 0.25) is 5.91 Å². The number of carbonyl (C=O) groups is 2. The van der Waals surface area contributed by atoms with Crippen LogP contribution in [-0.2, 0) is 9.53 Å². The number of halogens is 2. The van der Waals surface area contributed by atoms with Gasteiger partial charge in [-0.25, -0.2) is 4.39 Å². The van der Waals surface area contributed by atoms with Gasteiger partial charge >= 0.3 is 0 Å². The lowest BCUT2D eigenvalue weighted by Crippen LogP contribution is -2.55. The molecule has 3 aliphatic rings. The lowest BCUT2D eigenvalue weighted by Gasteiger charge is -2.44. The van der Waals surface area contributed by atoms with Crippen LogP contribution in [-0.4, -0.2) is 35.4 Å². The fourth-order valence-corrected chi connectivity index (χ4v) is 6.36. The first-order valence-corrected chi connectivity index (χ1v) is 14.4. The van der Waals surface area contributed by atoms with Crippen molar-refractivity contribution >= 4 is 29.1 Å². The van der Waals surface area contributed by atoms with Gasteiger partial charge in [-0.1, -0.05) is 35.9 Å². The zero-order chi connectivity index (χ0) is 27.5. The molecule has 3 atom stereocenters. The van der Waals surface area contributed by atoms with Gasteiger partial charge in [0.1, 0.15) is 11.6 Å². The molecule has 0 spiro atoms. The lowest BCUT2D eigenvalue weighted by atomic mass is 9.77. The van der Waals surface area contributed by atoms with Crippen molar-refractivity contribution in [3.8, 4) is 0 Å². The third-order valence-electron chi connectivity index (χ3n) is 8.30. The van der Waals surface area contributed by atoms with E-state index in [0.717, 1.165) is 24.2 Å². The number of ether oxygens (including phenoxy) is 1. The van der Waals surface area contributed by atoms with E-state index < -0.39 is 17.8 Å². The zero-order valence-electron chi connectivity index (χ0n) is 22.6. The molecule has 0 radical (unpaired) electrons. The molecule has 2 aliphatic carbocycles. The van der Waals surface area contributed by atoms with Gasteiger partial charge < -0.3 is 15.0 Å². The van der Waals surface area contributed by atoms with Gasteiger partial charge in [-0.2, -0.15) is 0 Å². The summed E-state index contributed by atoms with van der Waals surface area (Å²) in [6, 6.07) is 9.70. The minimum atomic E-state index is -0.536. The van der Waals surface area contributed by atoms with Crippen molar-refractivity contribution in [1.29, 1.82) is 0 Å². The SMILES string of the molecule is Cc1ccc(NC(=O)C2CCCN(C(=O)c3c(C)cccc3F)C2[C@@H]2C=CC(OC3CCCC3)=CC2)cc1Cl. The Balaban J connectivity index is 1.42. The summed E-state index contributed by atoms with van der Waals surface area (Å²) in [6.45, 7) is 4.13. The number of hydrogen-bond acceptors (Lipinski definition) is 3. The van der Waals surface area contributed by atoms with Gasteiger partial charge in [-0.05, 0) is 100 Å². The van der Waals surface area contributed by atoms with Crippen molar-refractivity contribution in [2.45, 2.75) is 70.9 Å². The Morgan fingerprint density at radius 3 is 2.54 bits per heavy atom. The fraction of sp³-hybridized carbons (Fsp3) is 0.438. The molecule has 1 heterocycles. The number of aryl methyl sites for hydroxylation is 2. The molecule has 1 aliphatic heterocycles. The summed E-state index contributed by atoms with van der Waals surface area (Å²) in [5.41, 5.74) is 2.21. The number of nitrogens with one attached hydrogen (secondary N) is 1. The van der Waals surface area contributed by atoms with Crippen LogP contribution in [0.15, 0.2) is 60.4 Å². The summed E-state index contributed by atoms with van der Waals surface area (Å²) in [6.07, 6.45) is 12.9. The first-order chi connectivity index (χ1) is 18.8. The van der Waals surface area contributed by atoms with E-state index in [-0.39, 0.29) is 29.4 Å². The third-order valence-corrected chi connectivity index (χ3v) is 8.71. The summed E-state index contributed by atoms with van der Waals surface area (Å²) >= 11 is 6.30. The minimum absolute atomic E-state index is 0.0782. The largest absolute Gasteiger partial charge is 0.491 e. The molecule has 1 saturated carbocycles. The van der Waals surface area contributed by atoms with Gasteiger partial charge in [0.25, 0.3) is 5.91 Å². The lowest BCUT2D eigenvalue weighted by molar-refractivity contribution is -0.123. The van der Waals surface area contributed by atoms with Crippen molar-refractivity contribution in [1.82, 2.24) is 4.90 Å². The quantitative estimate of drug-likeness (QED) is 0.408. The molecule has 206 valence electrons. The van der Waals surface area contributed by atoms with Crippen molar-refractivity contribution in [2.75, 3.05) is 11.9 Å². The second kappa shape index (κ2) is 12.0. The van der Waals surface area contributed by atoms with Crippen molar-refractivity contribution in [3.05, 3.63) is 87.9 Å². The highest BCUT2D eigenvalue weighted by molar-refractivity contribution is 6.31. The number of rotatable bonds is 6. The molecule has 0 bridgehead atoms. The van der Waals surface area contributed by atoms with Crippen molar-refractivity contribution in [3.63, 3.8) is 0 Å². The van der Waals surface area contributed by atoms with E-state index in [1.54, 1.807) is 30.0 Å². The Hall–Kier alpha value is -3.12. The Morgan fingerprint density at radius 1 is 1.05 bits per heavy atom. The smallest absolute Gasteiger partial charge is 0.257 e. The van der Waals surface area contributed by atoms with Crippen LogP contribution in [0.2, 0.25) is 5.02 Å². The number of nitrogens with zero attached hydrogens (tertiary/aromatic N) is 1. The predicted molar refractivity (Wildman–Crippen MR) is 152 cm³/mol. The number of anilines is 1. The molecule has 1 N–H and O–H groups in total. The second-order valence-corrected chi connectivity index (χ2v) is 11.4. The molecule has 7 heteroatoms. The van der Waals surface area contributed by atoms with E-state index in [2.05, 4.69) is 17.5 Å². The number of benzene rings is 2. The summed E-state index contributed by atoms with van der Waals surface area (Å²) in [4.78, 5) is 29.3.